The molecular weight excluding hydrogens is 444 g/mol. The lowest BCUT2D eigenvalue weighted by atomic mass is 9.96. The van der Waals surface area contributed by atoms with Crippen LogP contribution in [0.3, 0.4) is 0 Å². The maximum atomic E-state index is 4.93. The Morgan fingerprint density at radius 1 is 1.08 bits per heavy atom. The molecule has 6 nitrogen and oxygen atoms in total. The second-order valence-electron chi connectivity index (χ2n) is 9.92. The van der Waals surface area contributed by atoms with Crippen molar-refractivity contribution in [2.45, 2.75) is 84.7 Å². The molecule has 2 aliphatic carbocycles. The van der Waals surface area contributed by atoms with Gasteiger partial charge in [-0.2, -0.15) is 0 Å². The molecule has 0 aromatic carbocycles. The van der Waals surface area contributed by atoms with E-state index in [1.165, 1.54) is 80.7 Å². The molecule has 0 saturated carbocycles. The van der Waals surface area contributed by atoms with Gasteiger partial charge in [0.15, 0.2) is 0 Å². The zero-order valence-corrected chi connectivity index (χ0v) is 22.7. The Morgan fingerprint density at radius 2 is 1.97 bits per heavy atom. The largest absolute Gasteiger partial charge is 0.367 e. The van der Waals surface area contributed by atoms with E-state index in [0.717, 1.165) is 50.2 Å². The number of piperazine rings is 1. The molecule has 6 heteroatoms. The first-order chi connectivity index (χ1) is 17.8. The van der Waals surface area contributed by atoms with Gasteiger partial charge >= 0.3 is 0 Å². The van der Waals surface area contributed by atoms with Crippen molar-refractivity contribution < 1.29 is 0 Å². The molecule has 2 aliphatic heterocycles. The van der Waals surface area contributed by atoms with Crippen LogP contribution in [0.2, 0.25) is 0 Å². The molecule has 0 bridgehead atoms. The highest BCUT2D eigenvalue weighted by Crippen LogP contribution is 2.29. The lowest BCUT2D eigenvalue weighted by molar-refractivity contribution is 0.0760. The maximum Gasteiger partial charge on any atom is 0.121 e. The first kappa shape index (κ1) is 26.6. The van der Waals surface area contributed by atoms with Gasteiger partial charge in [0.1, 0.15) is 11.5 Å². The number of aryl methyl sites for hydroxylation is 2. The van der Waals surface area contributed by atoms with E-state index < -0.39 is 0 Å². The Hall–Kier alpha value is -2.44. The Labute approximate surface area is 218 Å². The number of fused-ring (bicyclic) bond motifs is 3. The van der Waals surface area contributed by atoms with E-state index in [4.69, 9.17) is 4.98 Å². The van der Waals surface area contributed by atoms with Gasteiger partial charge in [-0.3, -0.25) is 9.88 Å². The van der Waals surface area contributed by atoms with Crippen molar-refractivity contribution in [1.82, 2.24) is 30.1 Å². The summed E-state index contributed by atoms with van der Waals surface area (Å²) in [6, 6.07) is 4.95. The van der Waals surface area contributed by atoms with Gasteiger partial charge in [0, 0.05) is 49.7 Å². The van der Waals surface area contributed by atoms with E-state index in [2.05, 4.69) is 56.3 Å². The van der Waals surface area contributed by atoms with Crippen LogP contribution in [0.4, 0.5) is 0 Å². The van der Waals surface area contributed by atoms with E-state index in [-0.39, 0.29) is 0 Å². The standard InChI is InChI=1S/C19H29N5.C9H11N.C2H6/c1-2-20-13-18-21-16-8-3-4-9-17(19(16)22-18)24-12-11-23-10-6-5-7-15(23)14-24;1-2-6-9-8(4-1)5-3-7-10-9;1-2/h3-4,9,15,20H,2,5-8,10-14H2,1H3,(H,21,22);3,5,7H,1-2,4,6H2;1-2H3/t15-;;/m1../s1. The smallest absolute Gasteiger partial charge is 0.121 e. The molecule has 2 aromatic rings. The molecule has 4 heterocycles. The van der Waals surface area contributed by atoms with Crippen molar-refractivity contribution in [3.8, 4) is 0 Å². The lowest BCUT2D eigenvalue weighted by Crippen LogP contribution is -2.54. The summed E-state index contributed by atoms with van der Waals surface area (Å²) in [7, 11) is 0. The Balaban J connectivity index is 0.000000211. The van der Waals surface area contributed by atoms with E-state index >= 15 is 0 Å². The van der Waals surface area contributed by atoms with Crippen LogP contribution in [0.25, 0.3) is 5.70 Å². The van der Waals surface area contributed by atoms with Crippen molar-refractivity contribution in [3.05, 3.63) is 65.0 Å². The first-order valence-electron chi connectivity index (χ1n) is 14.4. The van der Waals surface area contributed by atoms with Gasteiger partial charge in [0.2, 0.25) is 0 Å². The minimum absolute atomic E-state index is 0.726. The molecule has 4 aliphatic rings. The predicted molar refractivity (Wildman–Crippen MR) is 150 cm³/mol. The van der Waals surface area contributed by atoms with Crippen molar-refractivity contribution in [2.24, 2.45) is 0 Å². The fourth-order valence-corrected chi connectivity index (χ4v) is 5.74. The quantitative estimate of drug-likeness (QED) is 0.622. The highest BCUT2D eigenvalue weighted by atomic mass is 15.3. The van der Waals surface area contributed by atoms with Gasteiger partial charge < -0.3 is 15.2 Å². The lowest BCUT2D eigenvalue weighted by Gasteiger charge is -2.45. The highest BCUT2D eigenvalue weighted by molar-refractivity contribution is 5.66. The summed E-state index contributed by atoms with van der Waals surface area (Å²) in [5.41, 5.74) is 6.52. The normalized spacial score (nSPS) is 20.9. The van der Waals surface area contributed by atoms with Crippen LogP contribution in [0.5, 0.6) is 0 Å². The van der Waals surface area contributed by atoms with E-state index in [9.17, 15) is 0 Å². The average Bonchev–Trinajstić information content (AvgIpc) is 3.25. The highest BCUT2D eigenvalue weighted by Gasteiger charge is 2.31. The molecular formula is C30H46N6. The fraction of sp³-hybridized carbons (Fsp3) is 0.600. The molecule has 0 unspecified atom stereocenters. The molecule has 2 saturated heterocycles. The fourth-order valence-electron chi connectivity index (χ4n) is 5.74. The second-order valence-corrected chi connectivity index (χ2v) is 9.92. The number of hydrogen-bond donors (Lipinski definition) is 2. The van der Waals surface area contributed by atoms with Gasteiger partial charge in [0.25, 0.3) is 0 Å². The molecule has 196 valence electrons. The van der Waals surface area contributed by atoms with Crippen molar-refractivity contribution in [3.63, 3.8) is 0 Å². The number of rotatable bonds is 4. The van der Waals surface area contributed by atoms with Crippen LogP contribution in [-0.2, 0) is 25.8 Å². The predicted octanol–water partition coefficient (Wildman–Crippen LogP) is 5.13. The van der Waals surface area contributed by atoms with Crippen LogP contribution < -0.4 is 5.32 Å². The molecule has 0 amide bonds. The minimum atomic E-state index is 0.726. The molecule has 6 rings (SSSR count). The Morgan fingerprint density at radius 3 is 2.83 bits per heavy atom. The number of allylic oxidation sites excluding steroid dienone is 3. The number of pyridine rings is 1. The Kier molecular flexibility index (Phi) is 10.2. The summed E-state index contributed by atoms with van der Waals surface area (Å²) in [5.74, 6) is 1.05. The van der Waals surface area contributed by atoms with Crippen molar-refractivity contribution >= 4 is 5.70 Å². The second kappa shape index (κ2) is 13.8. The monoisotopic (exact) mass is 490 g/mol. The molecule has 2 fully saturated rings. The summed E-state index contributed by atoms with van der Waals surface area (Å²) in [6.07, 6.45) is 18.7. The SMILES string of the molecule is CC.CCNCc1nc2c([nH]1)CC=CC=C2N1CCN2CCCC[C@@H]2C1.c1cnc2c(c1)CCCC2. The minimum Gasteiger partial charge on any atom is -0.367 e. The number of aromatic amines is 1. The number of piperidine rings is 1. The number of H-pyrrole nitrogens is 1. The van der Waals surface area contributed by atoms with Gasteiger partial charge in [0.05, 0.1) is 12.2 Å². The number of aromatic nitrogens is 3. The number of hydrogen-bond acceptors (Lipinski definition) is 5. The van der Waals surface area contributed by atoms with E-state index in [1.807, 2.05) is 26.1 Å². The third-order valence-corrected chi connectivity index (χ3v) is 7.60. The van der Waals surface area contributed by atoms with Crippen molar-refractivity contribution in [2.75, 3.05) is 32.7 Å². The third kappa shape index (κ3) is 6.65. The number of imidazole rings is 1. The van der Waals surface area contributed by atoms with Gasteiger partial charge in [-0.1, -0.05) is 45.4 Å². The van der Waals surface area contributed by atoms with Crippen LogP contribution in [0.1, 0.15) is 81.3 Å². The zero-order valence-electron chi connectivity index (χ0n) is 22.7. The average molecular weight is 491 g/mol. The maximum absolute atomic E-state index is 4.93. The third-order valence-electron chi connectivity index (χ3n) is 7.60. The Bertz CT molecular complexity index is 982. The zero-order chi connectivity index (χ0) is 25.2. The summed E-state index contributed by atoms with van der Waals surface area (Å²) < 4.78 is 0. The summed E-state index contributed by atoms with van der Waals surface area (Å²) in [5, 5.41) is 3.37. The molecule has 36 heavy (non-hydrogen) atoms. The summed E-state index contributed by atoms with van der Waals surface area (Å²) in [6.45, 7) is 12.7. The topological polar surface area (TPSA) is 60.1 Å². The van der Waals surface area contributed by atoms with Crippen molar-refractivity contribution in [1.29, 1.82) is 0 Å². The summed E-state index contributed by atoms with van der Waals surface area (Å²) in [4.78, 5) is 18.0. The molecule has 2 N–H and O–H groups in total. The van der Waals surface area contributed by atoms with Gasteiger partial charge in [-0.25, -0.2) is 4.98 Å². The first-order valence-corrected chi connectivity index (χ1v) is 14.4. The number of nitrogens with zero attached hydrogens (tertiary/aromatic N) is 4. The summed E-state index contributed by atoms with van der Waals surface area (Å²) >= 11 is 0. The van der Waals surface area contributed by atoms with Crippen LogP contribution in [0, 0.1) is 0 Å². The number of nitrogens with one attached hydrogen (secondary N) is 2. The van der Waals surface area contributed by atoms with Gasteiger partial charge in [-0.15, -0.1) is 0 Å². The molecule has 2 aromatic heterocycles. The van der Waals surface area contributed by atoms with E-state index in [0.29, 0.717) is 0 Å². The molecule has 1 atom stereocenters. The van der Waals surface area contributed by atoms with Crippen LogP contribution in [-0.4, -0.2) is 63.5 Å². The van der Waals surface area contributed by atoms with E-state index in [1.54, 1.807) is 0 Å². The van der Waals surface area contributed by atoms with Gasteiger partial charge in [-0.05, 0) is 69.3 Å². The molecule has 0 radical (unpaired) electrons. The van der Waals surface area contributed by atoms with Crippen LogP contribution >= 0.6 is 0 Å². The van der Waals surface area contributed by atoms with Crippen LogP contribution in [0.15, 0.2) is 36.6 Å². The molecule has 0 spiro atoms.